The Kier molecular flexibility index (Phi) is 11.4. The molecule has 0 aliphatic heterocycles. The van der Waals surface area contributed by atoms with Gasteiger partial charge in [-0.15, -0.1) is 0 Å². The molecule has 0 spiro atoms. The second-order valence-corrected chi connectivity index (χ2v) is 10.3. The molecule has 1 amide bonds. The maximum atomic E-state index is 12.3. The number of carbonyl (C=O) groups excluding carboxylic acids is 1. The second kappa shape index (κ2) is 14.5. The van der Waals surface area contributed by atoms with Crippen molar-refractivity contribution in [2.75, 3.05) is 20.8 Å². The molecule has 204 valence electrons. The van der Waals surface area contributed by atoms with Gasteiger partial charge in [-0.1, -0.05) is 29.3 Å². The molecule has 0 aliphatic rings. The van der Waals surface area contributed by atoms with Crippen molar-refractivity contribution in [2.24, 2.45) is 5.10 Å². The van der Waals surface area contributed by atoms with Gasteiger partial charge in [0, 0.05) is 32.8 Å². The van der Waals surface area contributed by atoms with Crippen LogP contribution in [-0.2, 0) is 22.7 Å². The van der Waals surface area contributed by atoms with Crippen molar-refractivity contribution in [3.05, 3.63) is 77.3 Å². The number of hydrogen-bond donors (Lipinski definition) is 1. The standard InChI is InChI=1S/C26H22Br2Cl2N4O5/c1-14-24(28)19(12-36-2)18(9-31)26(33-14)39-13-23(35)34-32-10-15-6-20(27)25(22(7-15)37-3)38-11-16-4-5-17(29)8-21(16)30/h4-8,10H,11-13H2,1-3H3,(H,34,35). The van der Waals surface area contributed by atoms with Crippen LogP contribution in [0, 0.1) is 18.3 Å². The molecule has 0 atom stereocenters. The van der Waals surface area contributed by atoms with E-state index in [0.29, 0.717) is 47.3 Å². The molecule has 39 heavy (non-hydrogen) atoms. The quantitative estimate of drug-likeness (QED) is 0.183. The Balaban J connectivity index is 1.64. The van der Waals surface area contributed by atoms with Crippen LogP contribution in [-0.4, -0.2) is 37.9 Å². The average Bonchev–Trinajstić information content (AvgIpc) is 2.90. The number of ether oxygens (including phenoxy) is 4. The van der Waals surface area contributed by atoms with E-state index in [4.69, 9.17) is 42.1 Å². The lowest BCUT2D eigenvalue weighted by Crippen LogP contribution is -2.25. The summed E-state index contributed by atoms with van der Waals surface area (Å²) in [4.78, 5) is 16.6. The minimum atomic E-state index is -0.545. The van der Waals surface area contributed by atoms with Gasteiger partial charge in [-0.25, -0.2) is 10.4 Å². The summed E-state index contributed by atoms with van der Waals surface area (Å²) in [6, 6.07) is 10.7. The van der Waals surface area contributed by atoms with Gasteiger partial charge in [-0.2, -0.15) is 10.4 Å². The van der Waals surface area contributed by atoms with Crippen molar-refractivity contribution >= 4 is 67.2 Å². The summed E-state index contributed by atoms with van der Waals surface area (Å²) in [7, 11) is 3.02. The van der Waals surface area contributed by atoms with Gasteiger partial charge in [0.15, 0.2) is 18.1 Å². The number of pyridine rings is 1. The number of methoxy groups -OCH3 is 2. The van der Waals surface area contributed by atoms with Gasteiger partial charge in [0.2, 0.25) is 5.88 Å². The number of benzene rings is 2. The third-order valence-electron chi connectivity index (χ3n) is 5.15. The van der Waals surface area contributed by atoms with Crippen molar-refractivity contribution in [3.8, 4) is 23.4 Å². The van der Waals surface area contributed by atoms with Crippen LogP contribution in [0.5, 0.6) is 17.4 Å². The average molecular weight is 701 g/mol. The minimum absolute atomic E-state index is 0.0357. The first-order valence-electron chi connectivity index (χ1n) is 11.1. The fourth-order valence-electron chi connectivity index (χ4n) is 3.30. The topological polar surface area (TPSA) is 115 Å². The van der Waals surface area contributed by atoms with E-state index < -0.39 is 12.5 Å². The molecule has 0 unspecified atom stereocenters. The highest BCUT2D eigenvalue weighted by molar-refractivity contribution is 9.10. The Hall–Kier alpha value is -2.88. The number of hydrazone groups is 1. The molecule has 0 bridgehead atoms. The number of aromatic nitrogens is 1. The Morgan fingerprint density at radius 3 is 2.62 bits per heavy atom. The predicted octanol–water partition coefficient (Wildman–Crippen LogP) is 6.36. The molecule has 13 heteroatoms. The smallest absolute Gasteiger partial charge is 0.278 e. The molecular formula is C26H22Br2Cl2N4O5. The summed E-state index contributed by atoms with van der Waals surface area (Å²) in [5.74, 6) is 0.403. The van der Waals surface area contributed by atoms with Crippen molar-refractivity contribution in [3.63, 3.8) is 0 Å². The van der Waals surface area contributed by atoms with E-state index in [1.165, 1.54) is 20.4 Å². The Labute approximate surface area is 252 Å². The van der Waals surface area contributed by atoms with Gasteiger partial charge in [0.05, 0.1) is 30.1 Å². The Morgan fingerprint density at radius 1 is 1.18 bits per heavy atom. The highest BCUT2D eigenvalue weighted by Gasteiger charge is 2.18. The molecule has 1 heterocycles. The molecule has 2 aromatic carbocycles. The number of hydrogen-bond acceptors (Lipinski definition) is 8. The van der Waals surface area contributed by atoms with Crippen LogP contribution < -0.4 is 19.6 Å². The first kappa shape index (κ1) is 30.7. The molecule has 0 radical (unpaired) electrons. The summed E-state index contributed by atoms with van der Waals surface area (Å²) in [6.45, 7) is 1.72. The van der Waals surface area contributed by atoms with Crippen LogP contribution in [0.3, 0.4) is 0 Å². The van der Waals surface area contributed by atoms with Gasteiger partial charge < -0.3 is 18.9 Å². The largest absolute Gasteiger partial charge is 0.493 e. The zero-order valence-electron chi connectivity index (χ0n) is 21.0. The lowest BCUT2D eigenvalue weighted by Gasteiger charge is -2.14. The van der Waals surface area contributed by atoms with Gasteiger partial charge in [0.1, 0.15) is 18.2 Å². The van der Waals surface area contributed by atoms with Crippen molar-refractivity contribution in [1.29, 1.82) is 5.26 Å². The SMILES string of the molecule is COCc1c(Br)c(C)nc(OCC(=O)NN=Cc2cc(Br)c(OCc3ccc(Cl)cc3Cl)c(OC)c2)c1C#N. The molecule has 0 aliphatic carbocycles. The van der Waals surface area contributed by atoms with E-state index in [2.05, 4.69) is 53.4 Å². The maximum Gasteiger partial charge on any atom is 0.278 e. The second-order valence-electron chi connectivity index (χ2n) is 7.86. The molecule has 0 saturated carbocycles. The van der Waals surface area contributed by atoms with Crippen LogP contribution in [0.25, 0.3) is 0 Å². The maximum absolute atomic E-state index is 12.3. The monoisotopic (exact) mass is 698 g/mol. The molecule has 0 fully saturated rings. The van der Waals surface area contributed by atoms with Gasteiger partial charge in [-0.3, -0.25) is 4.79 Å². The molecule has 1 N–H and O–H groups in total. The number of rotatable bonds is 11. The number of nitrogens with one attached hydrogen (secondary N) is 1. The lowest BCUT2D eigenvalue weighted by molar-refractivity contribution is -0.123. The summed E-state index contributed by atoms with van der Waals surface area (Å²) in [5.41, 5.74) is 5.13. The summed E-state index contributed by atoms with van der Waals surface area (Å²) >= 11 is 19.1. The fourth-order valence-corrected chi connectivity index (χ4v) is 4.74. The lowest BCUT2D eigenvalue weighted by atomic mass is 10.1. The van der Waals surface area contributed by atoms with Crippen molar-refractivity contribution in [1.82, 2.24) is 10.4 Å². The molecule has 1 aromatic heterocycles. The van der Waals surface area contributed by atoms with E-state index in [1.807, 2.05) is 0 Å². The third kappa shape index (κ3) is 8.06. The normalized spacial score (nSPS) is 10.8. The number of aryl methyl sites for hydroxylation is 1. The molecular weight excluding hydrogens is 679 g/mol. The van der Waals surface area contributed by atoms with E-state index in [-0.39, 0.29) is 24.7 Å². The number of nitrogens with zero attached hydrogens (tertiary/aromatic N) is 3. The summed E-state index contributed by atoms with van der Waals surface area (Å²) in [6.07, 6.45) is 1.43. The van der Waals surface area contributed by atoms with Gasteiger partial charge >= 0.3 is 0 Å². The number of carbonyl (C=O) groups is 1. The molecule has 9 nitrogen and oxygen atoms in total. The van der Waals surface area contributed by atoms with Crippen LogP contribution in [0.15, 0.2) is 44.4 Å². The van der Waals surface area contributed by atoms with Crippen molar-refractivity contribution < 1.29 is 23.7 Å². The van der Waals surface area contributed by atoms with E-state index in [1.54, 1.807) is 37.3 Å². The first-order valence-corrected chi connectivity index (χ1v) is 13.5. The van der Waals surface area contributed by atoms with Crippen LogP contribution in [0.1, 0.15) is 27.9 Å². The van der Waals surface area contributed by atoms with Gasteiger partial charge in [0.25, 0.3) is 5.91 Å². The number of amides is 1. The number of halogens is 4. The Morgan fingerprint density at radius 2 is 1.95 bits per heavy atom. The van der Waals surface area contributed by atoms with Crippen LogP contribution in [0.4, 0.5) is 0 Å². The highest BCUT2D eigenvalue weighted by Crippen LogP contribution is 2.37. The van der Waals surface area contributed by atoms with E-state index in [9.17, 15) is 10.1 Å². The van der Waals surface area contributed by atoms with Crippen LogP contribution in [0.2, 0.25) is 10.0 Å². The molecule has 3 aromatic rings. The van der Waals surface area contributed by atoms with E-state index in [0.717, 1.165) is 5.56 Å². The third-order valence-corrected chi connectivity index (χ3v) is 7.38. The predicted molar refractivity (Wildman–Crippen MR) is 155 cm³/mol. The summed E-state index contributed by atoms with van der Waals surface area (Å²) in [5, 5.41) is 14.6. The van der Waals surface area contributed by atoms with Crippen LogP contribution >= 0.6 is 55.1 Å². The Bertz CT molecular complexity index is 1450. The molecule has 3 rings (SSSR count). The zero-order chi connectivity index (χ0) is 28.5. The zero-order valence-corrected chi connectivity index (χ0v) is 25.7. The highest BCUT2D eigenvalue weighted by atomic mass is 79.9. The van der Waals surface area contributed by atoms with Crippen molar-refractivity contribution in [2.45, 2.75) is 20.1 Å². The van der Waals surface area contributed by atoms with E-state index >= 15 is 0 Å². The van der Waals surface area contributed by atoms with Gasteiger partial charge in [-0.05, 0) is 68.6 Å². The fraction of sp³-hybridized carbons (Fsp3) is 0.231. The minimum Gasteiger partial charge on any atom is -0.493 e. The summed E-state index contributed by atoms with van der Waals surface area (Å²) < 4.78 is 23.3. The molecule has 0 saturated heterocycles. The first-order chi connectivity index (χ1) is 18.7. The number of nitriles is 1.